The highest BCUT2D eigenvalue weighted by Crippen LogP contribution is 2.34. The van der Waals surface area contributed by atoms with Gasteiger partial charge in [0.15, 0.2) is 4.83 Å². The fourth-order valence-corrected chi connectivity index (χ4v) is 2.02. The van der Waals surface area contributed by atoms with Gasteiger partial charge in [0.2, 0.25) is 0 Å². The van der Waals surface area contributed by atoms with Crippen molar-refractivity contribution in [2.24, 2.45) is 0 Å². The van der Waals surface area contributed by atoms with Crippen molar-refractivity contribution >= 4 is 33.5 Å². The molecule has 1 heterocycles. The first-order valence-corrected chi connectivity index (χ1v) is 6.10. The van der Waals surface area contributed by atoms with Crippen LogP contribution in [0.25, 0.3) is 0 Å². The van der Waals surface area contributed by atoms with E-state index in [1.54, 1.807) is 6.92 Å². The fourth-order valence-electron chi connectivity index (χ4n) is 1.12. The van der Waals surface area contributed by atoms with Gasteiger partial charge in [-0.1, -0.05) is 27.5 Å². The number of hydrogen-bond donors (Lipinski definition) is 0. The lowest BCUT2D eigenvalue weighted by Gasteiger charge is -2.12. The average Bonchev–Trinajstić information content (AvgIpc) is 2.27. The van der Waals surface area contributed by atoms with Gasteiger partial charge in [-0.25, -0.2) is 0 Å². The number of esters is 1. The molecule has 0 unspecified atom stereocenters. The monoisotopic (exact) mass is 345 g/mol. The summed E-state index contributed by atoms with van der Waals surface area (Å²) in [7, 11) is 0. The summed E-state index contributed by atoms with van der Waals surface area (Å²) in [6.07, 6.45) is -3.91. The molecule has 1 rings (SSSR count). The Morgan fingerprint density at radius 2 is 2.22 bits per heavy atom. The smallest absolute Gasteiger partial charge is 0.417 e. The number of aromatic nitrogens is 1. The molecule has 0 aliphatic carbocycles. The minimum atomic E-state index is -4.53. The Bertz CT molecular complexity index is 453. The molecule has 0 amide bonds. The molecule has 0 bridgehead atoms. The van der Waals surface area contributed by atoms with Gasteiger partial charge in [-0.2, -0.15) is 13.2 Å². The normalized spacial score (nSPS) is 13.2. The van der Waals surface area contributed by atoms with Crippen LogP contribution < -0.4 is 0 Å². The van der Waals surface area contributed by atoms with Gasteiger partial charge in [0.1, 0.15) is 0 Å². The Kier molecular flexibility index (Phi) is 4.98. The van der Waals surface area contributed by atoms with E-state index in [-0.39, 0.29) is 17.3 Å². The van der Waals surface area contributed by atoms with Crippen LogP contribution in [0.4, 0.5) is 13.2 Å². The summed E-state index contributed by atoms with van der Waals surface area (Å²) in [5.41, 5.74) is -0.983. The molecular formula is C10H8BrClF3NO2. The molecule has 1 atom stereocenters. The molecular weight excluding hydrogens is 338 g/mol. The van der Waals surface area contributed by atoms with E-state index in [0.717, 1.165) is 6.07 Å². The van der Waals surface area contributed by atoms with Gasteiger partial charge in [0.05, 0.1) is 22.9 Å². The molecule has 0 spiro atoms. The molecule has 0 aliphatic rings. The molecule has 1 aromatic heterocycles. The predicted molar refractivity (Wildman–Crippen MR) is 62.6 cm³/mol. The number of nitrogens with zero attached hydrogens (tertiary/aromatic N) is 1. The Morgan fingerprint density at radius 1 is 1.61 bits per heavy atom. The van der Waals surface area contributed by atoms with Gasteiger partial charge in [0.25, 0.3) is 0 Å². The summed E-state index contributed by atoms with van der Waals surface area (Å²) >= 11 is 8.65. The van der Waals surface area contributed by atoms with Crippen LogP contribution in [0.5, 0.6) is 0 Å². The molecule has 0 saturated heterocycles. The molecule has 0 saturated carbocycles. The number of halogens is 5. The van der Waals surface area contributed by atoms with Crippen LogP contribution in [0.3, 0.4) is 0 Å². The van der Waals surface area contributed by atoms with Gasteiger partial charge in [-0.3, -0.25) is 9.78 Å². The molecule has 0 radical (unpaired) electrons. The molecule has 0 aliphatic heterocycles. The lowest BCUT2D eigenvalue weighted by atomic mass is 10.2. The molecule has 18 heavy (non-hydrogen) atoms. The van der Waals surface area contributed by atoms with Crippen LogP contribution in [0, 0.1) is 0 Å². The molecule has 0 N–H and O–H groups in total. The zero-order valence-corrected chi connectivity index (χ0v) is 11.4. The maximum absolute atomic E-state index is 12.4. The van der Waals surface area contributed by atoms with E-state index in [2.05, 4.69) is 20.9 Å². The maximum atomic E-state index is 12.4. The van der Waals surface area contributed by atoms with Gasteiger partial charge < -0.3 is 4.74 Å². The van der Waals surface area contributed by atoms with Crippen molar-refractivity contribution in [3.05, 3.63) is 28.5 Å². The summed E-state index contributed by atoms with van der Waals surface area (Å²) in [6.45, 7) is 1.76. The molecule has 0 aromatic carbocycles. The van der Waals surface area contributed by atoms with Crippen molar-refractivity contribution in [3.8, 4) is 0 Å². The van der Waals surface area contributed by atoms with Gasteiger partial charge in [-0.15, -0.1) is 0 Å². The first-order chi connectivity index (χ1) is 8.27. The summed E-state index contributed by atoms with van der Waals surface area (Å²) in [5.74, 6) is -0.661. The van der Waals surface area contributed by atoms with E-state index < -0.39 is 22.5 Å². The standard InChI is InChI=1S/C10H8BrClF3NO2/c1-2-18-9(17)7(11)8-6(12)3-5(4-16-8)10(13,14)15/h3-4,7H,2H2,1H3/t7-/m1/s1. The maximum Gasteiger partial charge on any atom is 0.417 e. The van der Waals surface area contributed by atoms with Gasteiger partial charge >= 0.3 is 12.1 Å². The Balaban J connectivity index is 3.02. The number of pyridine rings is 1. The Labute approximate surface area is 114 Å². The highest BCUT2D eigenvalue weighted by atomic mass is 79.9. The quantitative estimate of drug-likeness (QED) is 0.618. The molecule has 3 nitrogen and oxygen atoms in total. The third kappa shape index (κ3) is 3.58. The first-order valence-electron chi connectivity index (χ1n) is 4.80. The van der Waals surface area contributed by atoms with Crippen molar-refractivity contribution in [2.45, 2.75) is 17.9 Å². The minimum absolute atomic E-state index is 0.0110. The number of rotatable bonds is 3. The van der Waals surface area contributed by atoms with Crippen molar-refractivity contribution in [2.75, 3.05) is 6.61 Å². The number of hydrogen-bond acceptors (Lipinski definition) is 3. The average molecular weight is 347 g/mol. The third-order valence-electron chi connectivity index (χ3n) is 1.93. The SMILES string of the molecule is CCOC(=O)[C@H](Br)c1ncc(C(F)(F)F)cc1Cl. The minimum Gasteiger partial charge on any atom is -0.465 e. The zero-order chi connectivity index (χ0) is 13.9. The highest BCUT2D eigenvalue weighted by Gasteiger charge is 2.33. The molecule has 8 heteroatoms. The summed E-state index contributed by atoms with van der Waals surface area (Å²) < 4.78 is 41.8. The van der Waals surface area contributed by atoms with Crippen LogP contribution in [0.1, 0.15) is 23.0 Å². The lowest BCUT2D eigenvalue weighted by Crippen LogP contribution is -2.14. The number of alkyl halides is 4. The second-order valence-electron chi connectivity index (χ2n) is 3.20. The van der Waals surface area contributed by atoms with Crippen LogP contribution in [-0.2, 0) is 15.7 Å². The Morgan fingerprint density at radius 3 is 2.67 bits per heavy atom. The van der Waals surface area contributed by atoms with E-state index in [9.17, 15) is 18.0 Å². The molecule has 0 fully saturated rings. The van der Waals surface area contributed by atoms with E-state index in [0.29, 0.717) is 6.20 Å². The van der Waals surface area contributed by atoms with E-state index in [4.69, 9.17) is 16.3 Å². The van der Waals surface area contributed by atoms with Crippen molar-refractivity contribution in [3.63, 3.8) is 0 Å². The Hall–Kier alpha value is -0.820. The van der Waals surface area contributed by atoms with Gasteiger partial charge in [-0.05, 0) is 13.0 Å². The summed E-state index contributed by atoms with van der Waals surface area (Å²) in [5, 5.41) is -0.250. The highest BCUT2D eigenvalue weighted by molar-refractivity contribution is 9.09. The van der Waals surface area contributed by atoms with Gasteiger partial charge in [0, 0.05) is 6.20 Å². The lowest BCUT2D eigenvalue weighted by molar-refractivity contribution is -0.142. The summed E-state index contributed by atoms with van der Waals surface area (Å²) in [4.78, 5) is 13.9. The molecule has 100 valence electrons. The number of carbonyl (C=O) groups excluding carboxylic acids is 1. The zero-order valence-electron chi connectivity index (χ0n) is 9.09. The van der Waals surface area contributed by atoms with Crippen molar-refractivity contribution in [1.29, 1.82) is 0 Å². The van der Waals surface area contributed by atoms with Crippen molar-refractivity contribution < 1.29 is 22.7 Å². The van der Waals surface area contributed by atoms with Crippen molar-refractivity contribution in [1.82, 2.24) is 4.98 Å². The second kappa shape index (κ2) is 5.88. The first kappa shape index (κ1) is 15.2. The fraction of sp³-hybridized carbons (Fsp3) is 0.400. The number of carbonyl (C=O) groups is 1. The van der Waals surface area contributed by atoms with Crippen LogP contribution >= 0.6 is 27.5 Å². The van der Waals surface area contributed by atoms with E-state index in [1.165, 1.54) is 0 Å². The second-order valence-corrected chi connectivity index (χ2v) is 4.53. The largest absolute Gasteiger partial charge is 0.465 e. The summed E-state index contributed by atoms with van der Waals surface area (Å²) in [6, 6.07) is 0.720. The van der Waals surface area contributed by atoms with E-state index >= 15 is 0 Å². The van der Waals surface area contributed by atoms with Crippen LogP contribution in [0.15, 0.2) is 12.3 Å². The topological polar surface area (TPSA) is 39.2 Å². The van der Waals surface area contributed by atoms with Crippen LogP contribution in [-0.4, -0.2) is 17.6 Å². The third-order valence-corrected chi connectivity index (χ3v) is 3.04. The van der Waals surface area contributed by atoms with Crippen LogP contribution in [0.2, 0.25) is 5.02 Å². The number of ether oxygens (including phenoxy) is 1. The molecule has 1 aromatic rings. The van der Waals surface area contributed by atoms with E-state index in [1.807, 2.05) is 0 Å². The predicted octanol–water partition coefficient (Wildman–Crippen LogP) is 3.75.